The Balaban J connectivity index is 2.26. The average molecular weight is 204 g/mol. The number of hydrogen-bond acceptors (Lipinski definition) is 2. The lowest BCUT2D eigenvalue weighted by atomic mass is 9.75. The van der Waals surface area contributed by atoms with Gasteiger partial charge in [-0.3, -0.25) is 4.79 Å². The van der Waals surface area contributed by atoms with Crippen molar-refractivity contribution in [2.24, 2.45) is 5.73 Å². The Morgan fingerprint density at radius 1 is 1.33 bits per heavy atom. The summed E-state index contributed by atoms with van der Waals surface area (Å²) in [5.41, 5.74) is 7.03. The molecule has 0 aliphatic carbocycles. The predicted octanol–water partition coefficient (Wildman–Crippen LogP) is 0.793. The highest BCUT2D eigenvalue weighted by Gasteiger charge is 2.34. The Morgan fingerprint density at radius 2 is 2.07 bits per heavy atom. The molecule has 1 aliphatic rings. The van der Waals surface area contributed by atoms with E-state index in [2.05, 4.69) is 17.4 Å². The lowest BCUT2D eigenvalue weighted by molar-refractivity contribution is -0.123. The SMILES string of the molecule is NCC1(c2ccccc2)CCC(=O)NC1. The number of nitrogens with two attached hydrogens (primary N) is 1. The van der Waals surface area contributed by atoms with Crippen molar-refractivity contribution in [2.45, 2.75) is 18.3 Å². The van der Waals surface area contributed by atoms with Crippen molar-refractivity contribution in [1.82, 2.24) is 5.32 Å². The molecule has 0 aromatic heterocycles. The fraction of sp³-hybridized carbons (Fsp3) is 0.417. The van der Waals surface area contributed by atoms with E-state index in [1.807, 2.05) is 18.2 Å². The minimum absolute atomic E-state index is 0.0603. The van der Waals surface area contributed by atoms with Crippen LogP contribution in [0.5, 0.6) is 0 Å². The molecular weight excluding hydrogens is 188 g/mol. The number of amides is 1. The van der Waals surface area contributed by atoms with Gasteiger partial charge in [0.1, 0.15) is 0 Å². The van der Waals surface area contributed by atoms with Gasteiger partial charge in [0, 0.05) is 24.9 Å². The minimum Gasteiger partial charge on any atom is -0.355 e. The zero-order valence-corrected chi connectivity index (χ0v) is 8.70. The largest absolute Gasteiger partial charge is 0.355 e. The first-order valence-corrected chi connectivity index (χ1v) is 5.29. The molecule has 1 heterocycles. The molecule has 1 unspecified atom stereocenters. The molecule has 0 saturated carbocycles. The molecule has 80 valence electrons. The van der Waals surface area contributed by atoms with Gasteiger partial charge in [0.25, 0.3) is 0 Å². The van der Waals surface area contributed by atoms with E-state index < -0.39 is 0 Å². The van der Waals surface area contributed by atoms with Crippen LogP contribution in [0.2, 0.25) is 0 Å². The average Bonchev–Trinajstić information content (AvgIpc) is 2.32. The number of carbonyl (C=O) groups is 1. The quantitative estimate of drug-likeness (QED) is 0.748. The summed E-state index contributed by atoms with van der Waals surface area (Å²) in [6.07, 6.45) is 1.42. The van der Waals surface area contributed by atoms with Crippen molar-refractivity contribution in [2.75, 3.05) is 13.1 Å². The van der Waals surface area contributed by atoms with Gasteiger partial charge in [0.15, 0.2) is 0 Å². The smallest absolute Gasteiger partial charge is 0.220 e. The molecular formula is C12H16N2O. The maximum atomic E-state index is 11.1. The van der Waals surface area contributed by atoms with Crippen LogP contribution in [-0.4, -0.2) is 19.0 Å². The highest BCUT2D eigenvalue weighted by atomic mass is 16.1. The van der Waals surface area contributed by atoms with Crippen molar-refractivity contribution < 1.29 is 4.79 Å². The van der Waals surface area contributed by atoms with Crippen LogP contribution in [0.4, 0.5) is 0 Å². The van der Waals surface area contributed by atoms with Crippen LogP contribution >= 0.6 is 0 Å². The Labute approximate surface area is 89.7 Å². The van der Waals surface area contributed by atoms with Gasteiger partial charge >= 0.3 is 0 Å². The highest BCUT2D eigenvalue weighted by molar-refractivity contribution is 5.77. The molecule has 2 rings (SSSR count). The molecule has 1 atom stereocenters. The van der Waals surface area contributed by atoms with Gasteiger partial charge in [0.05, 0.1) is 0 Å². The molecule has 3 nitrogen and oxygen atoms in total. The number of rotatable bonds is 2. The van der Waals surface area contributed by atoms with E-state index in [1.165, 1.54) is 5.56 Å². The Morgan fingerprint density at radius 3 is 2.60 bits per heavy atom. The lowest BCUT2D eigenvalue weighted by Crippen LogP contribution is -2.50. The maximum absolute atomic E-state index is 11.1. The molecule has 3 N–H and O–H groups in total. The van der Waals surface area contributed by atoms with Crippen LogP contribution in [0, 0.1) is 0 Å². The summed E-state index contributed by atoms with van der Waals surface area (Å²) in [4.78, 5) is 11.1. The van der Waals surface area contributed by atoms with Crippen molar-refractivity contribution in [3.05, 3.63) is 35.9 Å². The lowest BCUT2D eigenvalue weighted by Gasteiger charge is -2.36. The van der Waals surface area contributed by atoms with E-state index in [4.69, 9.17) is 5.73 Å². The third-order valence-electron chi connectivity index (χ3n) is 3.23. The summed E-state index contributed by atoms with van der Waals surface area (Å²) in [6, 6.07) is 10.2. The highest BCUT2D eigenvalue weighted by Crippen LogP contribution is 2.30. The van der Waals surface area contributed by atoms with Crippen LogP contribution in [0.15, 0.2) is 30.3 Å². The Kier molecular flexibility index (Phi) is 2.73. The second-order valence-electron chi connectivity index (χ2n) is 4.13. The second-order valence-corrected chi connectivity index (χ2v) is 4.13. The summed E-state index contributed by atoms with van der Waals surface area (Å²) < 4.78 is 0. The molecule has 1 saturated heterocycles. The summed E-state index contributed by atoms with van der Waals surface area (Å²) in [7, 11) is 0. The molecule has 1 aromatic rings. The van der Waals surface area contributed by atoms with Gasteiger partial charge in [-0.2, -0.15) is 0 Å². The van der Waals surface area contributed by atoms with Crippen LogP contribution in [0.1, 0.15) is 18.4 Å². The predicted molar refractivity (Wildman–Crippen MR) is 59.4 cm³/mol. The summed E-state index contributed by atoms with van der Waals surface area (Å²) in [5.74, 6) is 0.134. The first-order valence-electron chi connectivity index (χ1n) is 5.29. The standard InChI is InChI=1S/C12H16N2O/c13-8-12(7-6-11(15)14-9-12)10-4-2-1-3-5-10/h1-5H,6-9,13H2,(H,14,15). The zero-order valence-electron chi connectivity index (χ0n) is 8.70. The molecule has 0 radical (unpaired) electrons. The van der Waals surface area contributed by atoms with Crippen LogP contribution in [0.25, 0.3) is 0 Å². The number of piperidine rings is 1. The van der Waals surface area contributed by atoms with Crippen molar-refractivity contribution in [1.29, 1.82) is 0 Å². The zero-order chi connectivity index (χ0) is 10.7. The van der Waals surface area contributed by atoms with Crippen molar-refractivity contribution in [3.8, 4) is 0 Å². The first kappa shape index (κ1) is 10.2. The van der Waals surface area contributed by atoms with Gasteiger partial charge in [-0.05, 0) is 12.0 Å². The minimum atomic E-state index is -0.0603. The summed E-state index contributed by atoms with van der Waals surface area (Å²) >= 11 is 0. The van der Waals surface area contributed by atoms with Crippen LogP contribution in [-0.2, 0) is 10.2 Å². The fourth-order valence-corrected chi connectivity index (χ4v) is 2.13. The molecule has 1 aliphatic heterocycles. The van der Waals surface area contributed by atoms with Crippen LogP contribution in [0.3, 0.4) is 0 Å². The summed E-state index contributed by atoms with van der Waals surface area (Å²) in [5, 5.41) is 2.90. The molecule has 1 amide bonds. The molecule has 1 aromatic carbocycles. The van der Waals surface area contributed by atoms with E-state index in [-0.39, 0.29) is 11.3 Å². The maximum Gasteiger partial charge on any atom is 0.220 e. The van der Waals surface area contributed by atoms with E-state index in [0.717, 1.165) is 6.42 Å². The first-order chi connectivity index (χ1) is 7.27. The van der Waals surface area contributed by atoms with Crippen LogP contribution < -0.4 is 11.1 Å². The second kappa shape index (κ2) is 4.03. The topological polar surface area (TPSA) is 55.1 Å². The third kappa shape index (κ3) is 1.88. The Bertz CT molecular complexity index is 338. The third-order valence-corrected chi connectivity index (χ3v) is 3.23. The van der Waals surface area contributed by atoms with Gasteiger partial charge in [0.2, 0.25) is 5.91 Å². The van der Waals surface area contributed by atoms with Gasteiger partial charge < -0.3 is 11.1 Å². The van der Waals surface area contributed by atoms with E-state index in [9.17, 15) is 4.79 Å². The number of carbonyl (C=O) groups excluding carboxylic acids is 1. The normalized spacial score (nSPS) is 26.1. The monoisotopic (exact) mass is 204 g/mol. The van der Waals surface area contributed by atoms with E-state index in [1.54, 1.807) is 0 Å². The van der Waals surface area contributed by atoms with Gasteiger partial charge in [-0.25, -0.2) is 0 Å². The molecule has 15 heavy (non-hydrogen) atoms. The van der Waals surface area contributed by atoms with Crippen molar-refractivity contribution >= 4 is 5.91 Å². The molecule has 0 spiro atoms. The fourth-order valence-electron chi connectivity index (χ4n) is 2.13. The van der Waals surface area contributed by atoms with Crippen molar-refractivity contribution in [3.63, 3.8) is 0 Å². The Hall–Kier alpha value is -1.35. The number of hydrogen-bond donors (Lipinski definition) is 2. The van der Waals surface area contributed by atoms with E-state index in [0.29, 0.717) is 19.5 Å². The van der Waals surface area contributed by atoms with Gasteiger partial charge in [-0.15, -0.1) is 0 Å². The van der Waals surface area contributed by atoms with E-state index >= 15 is 0 Å². The number of benzene rings is 1. The molecule has 1 fully saturated rings. The molecule has 0 bridgehead atoms. The van der Waals surface area contributed by atoms with Gasteiger partial charge in [-0.1, -0.05) is 30.3 Å². The number of nitrogens with one attached hydrogen (secondary N) is 1. The summed E-state index contributed by atoms with van der Waals surface area (Å²) in [6.45, 7) is 1.24. The molecule has 3 heteroatoms.